The number of hydrogen-bond acceptors (Lipinski definition) is 4. The fourth-order valence-electron chi connectivity index (χ4n) is 1.80. The summed E-state index contributed by atoms with van der Waals surface area (Å²) >= 11 is 1.98. The number of ether oxygens (including phenoxy) is 2. The van der Waals surface area contributed by atoms with Gasteiger partial charge in [-0.1, -0.05) is 0 Å². The van der Waals surface area contributed by atoms with Crippen LogP contribution in [0.1, 0.15) is 26.7 Å². The third-order valence-corrected chi connectivity index (χ3v) is 10.8. The van der Waals surface area contributed by atoms with Crippen LogP contribution in [0.5, 0.6) is 0 Å². The van der Waals surface area contributed by atoms with Gasteiger partial charge in [0.25, 0.3) is 0 Å². The van der Waals surface area contributed by atoms with Gasteiger partial charge in [-0.3, -0.25) is 0 Å². The molecule has 6 heteroatoms. The average molecular weight is 424 g/mol. The van der Waals surface area contributed by atoms with Crippen molar-refractivity contribution in [3.63, 3.8) is 0 Å². The molecule has 0 aliphatic carbocycles. The van der Waals surface area contributed by atoms with E-state index in [1.807, 2.05) is 47.2 Å². The maximum absolute atomic E-state index is 12.7. The summed E-state index contributed by atoms with van der Waals surface area (Å²) in [7, 11) is 0. The van der Waals surface area contributed by atoms with Gasteiger partial charge in [0.1, 0.15) is 0 Å². The molecule has 1 aromatic rings. The molecule has 4 nitrogen and oxygen atoms in total. The Kier molecular flexibility index (Phi) is 6.60. The van der Waals surface area contributed by atoms with Gasteiger partial charge < -0.3 is 0 Å². The van der Waals surface area contributed by atoms with Crippen LogP contribution in [-0.2, 0) is 9.47 Å². The molecule has 0 fully saturated rings. The van der Waals surface area contributed by atoms with Gasteiger partial charge >= 0.3 is 139 Å². The minimum absolute atomic E-state index is 0.239. The van der Waals surface area contributed by atoms with Crippen LogP contribution < -0.4 is 5.30 Å². The van der Waals surface area contributed by atoms with Crippen molar-refractivity contribution >= 4 is 43.0 Å². The Bertz CT molecular complexity index is 502. The quantitative estimate of drug-likeness (QED) is 0.354. The average Bonchev–Trinajstić information content (AvgIpc) is 2.48. The zero-order valence-electron chi connectivity index (χ0n) is 12.7. The van der Waals surface area contributed by atoms with E-state index < -0.39 is 15.7 Å². The Morgan fingerprint density at radius 2 is 1.67 bits per heavy atom. The summed E-state index contributed by atoms with van der Waals surface area (Å²) in [4.78, 5) is 25.3. The standard InChI is InChI=1S/C15H22IO4P/c1-4-6-12-20-15(18)21(3,16,14(17)19-5-2)13-10-8-7-9-11-13/h7-11H,4-6,12H2,1-3H3. The summed E-state index contributed by atoms with van der Waals surface area (Å²) in [6.07, 6.45) is 1.71. The van der Waals surface area contributed by atoms with Gasteiger partial charge in [-0.25, -0.2) is 0 Å². The Labute approximate surface area is 139 Å². The molecule has 0 saturated carbocycles. The molecule has 0 heterocycles. The second-order valence-electron chi connectivity index (χ2n) is 4.93. The molecule has 0 bridgehead atoms. The van der Waals surface area contributed by atoms with Crippen LogP contribution in [-0.4, -0.2) is 31.3 Å². The first-order chi connectivity index (χ1) is 9.87. The zero-order valence-corrected chi connectivity index (χ0v) is 15.7. The molecule has 0 radical (unpaired) electrons. The molecule has 0 aliphatic rings. The van der Waals surface area contributed by atoms with Crippen molar-refractivity contribution in [2.24, 2.45) is 0 Å². The second-order valence-corrected chi connectivity index (χ2v) is 16.3. The van der Waals surface area contributed by atoms with Gasteiger partial charge in [0.05, 0.1) is 0 Å². The van der Waals surface area contributed by atoms with Gasteiger partial charge in [0.2, 0.25) is 0 Å². The summed E-state index contributed by atoms with van der Waals surface area (Å²) in [5, 5.41) is 0.684. The van der Waals surface area contributed by atoms with E-state index in [4.69, 9.17) is 9.47 Å². The van der Waals surface area contributed by atoms with Crippen molar-refractivity contribution in [3.8, 4) is 0 Å². The summed E-state index contributed by atoms with van der Waals surface area (Å²) in [6.45, 7) is 6.01. The molecule has 1 aromatic carbocycles. The molecule has 0 saturated heterocycles. The van der Waals surface area contributed by atoms with E-state index in [9.17, 15) is 9.59 Å². The van der Waals surface area contributed by atoms with Crippen molar-refractivity contribution in [2.45, 2.75) is 26.7 Å². The van der Waals surface area contributed by atoms with Gasteiger partial charge in [-0.15, -0.1) is 0 Å². The number of carbonyl (C=O) groups excluding carboxylic acids is 2. The Hall–Kier alpha value is -0.680. The molecule has 0 aliphatic heterocycles. The molecule has 0 spiro atoms. The van der Waals surface area contributed by atoms with E-state index in [1.54, 1.807) is 25.7 Å². The molecule has 21 heavy (non-hydrogen) atoms. The van der Waals surface area contributed by atoms with Gasteiger partial charge in [-0.05, 0) is 0 Å². The predicted molar refractivity (Wildman–Crippen MR) is 96.2 cm³/mol. The molecule has 0 unspecified atom stereocenters. The van der Waals surface area contributed by atoms with E-state index in [2.05, 4.69) is 0 Å². The van der Waals surface area contributed by atoms with Gasteiger partial charge in [0, 0.05) is 0 Å². The van der Waals surface area contributed by atoms with Crippen LogP contribution in [0.4, 0.5) is 9.59 Å². The summed E-state index contributed by atoms with van der Waals surface area (Å²) < 4.78 is 6.94. The monoisotopic (exact) mass is 424 g/mol. The topological polar surface area (TPSA) is 52.6 Å². The van der Waals surface area contributed by atoms with E-state index in [0.29, 0.717) is 11.9 Å². The first-order valence-corrected chi connectivity index (χ1v) is 12.5. The van der Waals surface area contributed by atoms with Crippen LogP contribution in [0.15, 0.2) is 30.3 Å². The van der Waals surface area contributed by atoms with E-state index in [-0.39, 0.29) is 6.61 Å². The third-order valence-electron chi connectivity index (χ3n) is 3.23. The van der Waals surface area contributed by atoms with Crippen molar-refractivity contribution < 1.29 is 19.1 Å². The van der Waals surface area contributed by atoms with Crippen LogP contribution in [0.2, 0.25) is 0 Å². The molecular weight excluding hydrogens is 402 g/mol. The van der Waals surface area contributed by atoms with Crippen LogP contribution in [0.3, 0.4) is 0 Å². The second kappa shape index (κ2) is 7.54. The first kappa shape index (κ1) is 18.4. The molecule has 0 atom stereocenters. The fourth-order valence-corrected chi connectivity index (χ4v) is 5.89. The SMILES string of the molecule is CCCCOC(=O)P(C)(I)(C(=O)OCC)c1ccccc1. The first-order valence-electron chi connectivity index (χ1n) is 7.01. The summed E-state index contributed by atoms with van der Waals surface area (Å²) in [6, 6.07) is 9.07. The zero-order chi connectivity index (χ0) is 16.0. The number of halogens is 1. The van der Waals surface area contributed by atoms with E-state index in [1.165, 1.54) is 0 Å². The van der Waals surface area contributed by atoms with E-state index >= 15 is 0 Å². The fraction of sp³-hybridized carbons (Fsp3) is 0.467. The van der Waals surface area contributed by atoms with Crippen molar-refractivity contribution in [1.29, 1.82) is 0 Å². The number of unbranched alkanes of at least 4 members (excludes halogenated alkanes) is 1. The molecule has 1 rings (SSSR count). The normalized spacial score (nSPS) is 13.0. The third kappa shape index (κ3) is 3.75. The molecule has 0 amide bonds. The van der Waals surface area contributed by atoms with E-state index in [0.717, 1.165) is 12.8 Å². The summed E-state index contributed by atoms with van der Waals surface area (Å²) in [5.41, 5.74) is -0.934. The Morgan fingerprint density at radius 3 is 2.19 bits per heavy atom. The Balaban J connectivity index is 3.23. The van der Waals surface area contributed by atoms with Crippen molar-refractivity contribution in [3.05, 3.63) is 30.3 Å². The minimum atomic E-state index is -3.65. The number of hydrogen-bond donors (Lipinski definition) is 0. The van der Waals surface area contributed by atoms with Crippen LogP contribution in [0.25, 0.3) is 0 Å². The maximum atomic E-state index is 12.7. The summed E-state index contributed by atoms with van der Waals surface area (Å²) in [5.74, 6) is 0. The number of benzene rings is 1. The van der Waals surface area contributed by atoms with Crippen LogP contribution >= 0.6 is 26.3 Å². The van der Waals surface area contributed by atoms with Crippen molar-refractivity contribution in [2.75, 3.05) is 19.9 Å². The Morgan fingerprint density at radius 1 is 1.10 bits per heavy atom. The van der Waals surface area contributed by atoms with Gasteiger partial charge in [-0.2, -0.15) is 0 Å². The molecule has 0 N–H and O–H groups in total. The molecule has 118 valence electrons. The molecular formula is C15H22IO4P. The van der Waals surface area contributed by atoms with Crippen molar-refractivity contribution in [1.82, 2.24) is 0 Å². The number of carbonyl (C=O) groups is 2. The van der Waals surface area contributed by atoms with Crippen LogP contribution in [0, 0.1) is 0 Å². The van der Waals surface area contributed by atoms with Gasteiger partial charge in [0.15, 0.2) is 0 Å². The molecule has 0 aromatic heterocycles. The predicted octanol–water partition coefficient (Wildman–Crippen LogP) is 4.94. The number of rotatable bonds is 7.